The third-order valence-corrected chi connectivity index (χ3v) is 5.77. The van der Waals surface area contributed by atoms with Gasteiger partial charge in [0, 0.05) is 10.4 Å². The number of rotatable bonds is 3. The Morgan fingerprint density at radius 2 is 1.89 bits per heavy atom. The van der Waals surface area contributed by atoms with Gasteiger partial charge in [0.15, 0.2) is 0 Å². The molecule has 0 saturated heterocycles. The molecule has 2 rings (SSSR count). The summed E-state index contributed by atoms with van der Waals surface area (Å²) in [6.07, 6.45) is 3.91. The topological polar surface area (TPSA) is 9.23 Å². The van der Waals surface area contributed by atoms with Crippen LogP contribution >= 0.6 is 15.9 Å². The van der Waals surface area contributed by atoms with Gasteiger partial charge in [-0.2, -0.15) is 0 Å². The average Bonchev–Trinajstić information content (AvgIpc) is 2.38. The molecule has 1 aliphatic carbocycles. The fourth-order valence-electron chi connectivity index (χ4n) is 3.50. The second kappa shape index (κ2) is 5.87. The Hall–Kier alpha value is -0.500. The van der Waals surface area contributed by atoms with E-state index < -0.39 is 0 Å². The van der Waals surface area contributed by atoms with E-state index in [1.165, 1.54) is 24.8 Å². The molecule has 1 fully saturated rings. The first kappa shape index (κ1) is 14.9. The Morgan fingerprint density at radius 1 is 1.21 bits per heavy atom. The molecule has 0 bridgehead atoms. The molecule has 0 amide bonds. The number of hydrogen-bond donors (Lipinski definition) is 0. The average molecular weight is 325 g/mol. The zero-order valence-corrected chi connectivity index (χ0v) is 14.0. The van der Waals surface area contributed by atoms with Crippen LogP contribution in [-0.4, -0.2) is 11.9 Å². The molecule has 1 aromatic rings. The number of hydrogen-bond acceptors (Lipinski definition) is 1. The molecule has 1 aliphatic rings. The largest absolute Gasteiger partial charge is 0.496 e. The number of halogens is 1. The Morgan fingerprint density at radius 3 is 2.53 bits per heavy atom. The summed E-state index contributed by atoms with van der Waals surface area (Å²) in [7, 11) is 1.77. The minimum atomic E-state index is 0.140. The molecular formula is C17H25BrO. The van der Waals surface area contributed by atoms with Crippen LogP contribution in [0.2, 0.25) is 0 Å². The van der Waals surface area contributed by atoms with Crippen molar-refractivity contribution >= 4 is 15.9 Å². The molecule has 3 atom stereocenters. The van der Waals surface area contributed by atoms with Gasteiger partial charge in [0.1, 0.15) is 5.75 Å². The molecule has 0 radical (unpaired) electrons. The van der Waals surface area contributed by atoms with Crippen LogP contribution in [0.5, 0.6) is 5.75 Å². The maximum absolute atomic E-state index is 5.56. The first-order chi connectivity index (χ1) is 8.96. The van der Waals surface area contributed by atoms with Crippen molar-refractivity contribution in [2.75, 3.05) is 7.11 Å². The van der Waals surface area contributed by atoms with Crippen LogP contribution in [0, 0.1) is 11.8 Å². The Balaban J connectivity index is 2.31. The molecule has 106 valence electrons. The lowest BCUT2D eigenvalue weighted by molar-refractivity contribution is 0.210. The van der Waals surface area contributed by atoms with Gasteiger partial charge in [-0.15, -0.1) is 0 Å². The van der Waals surface area contributed by atoms with Gasteiger partial charge in [-0.25, -0.2) is 0 Å². The minimum absolute atomic E-state index is 0.140. The van der Waals surface area contributed by atoms with Crippen molar-refractivity contribution in [3.8, 4) is 5.75 Å². The van der Waals surface area contributed by atoms with Crippen molar-refractivity contribution in [1.29, 1.82) is 0 Å². The molecule has 0 spiro atoms. The summed E-state index contributed by atoms with van der Waals surface area (Å²) in [5, 5.41) is 0. The van der Waals surface area contributed by atoms with Crippen LogP contribution in [0.4, 0.5) is 0 Å². The van der Waals surface area contributed by atoms with E-state index in [-0.39, 0.29) is 5.41 Å². The number of methoxy groups -OCH3 is 1. The van der Waals surface area contributed by atoms with Crippen molar-refractivity contribution in [3.05, 3.63) is 29.8 Å². The lowest BCUT2D eigenvalue weighted by atomic mass is 9.65. The smallest absolute Gasteiger partial charge is 0.122 e. The lowest BCUT2D eigenvalue weighted by Crippen LogP contribution is -2.38. The molecule has 0 aromatic heterocycles. The third kappa shape index (κ3) is 2.99. The molecule has 3 unspecified atom stereocenters. The SMILES string of the molecule is COc1ccccc1C(C)(C)C1CCC(C)CC1Br. The molecule has 1 nitrogen and oxygen atoms in total. The first-order valence-electron chi connectivity index (χ1n) is 7.24. The van der Waals surface area contributed by atoms with Gasteiger partial charge in [-0.3, -0.25) is 0 Å². The van der Waals surface area contributed by atoms with E-state index in [9.17, 15) is 0 Å². The molecule has 0 heterocycles. The van der Waals surface area contributed by atoms with Gasteiger partial charge in [0.25, 0.3) is 0 Å². The number of para-hydroxylation sites is 1. The van der Waals surface area contributed by atoms with Crippen LogP contribution in [0.15, 0.2) is 24.3 Å². The summed E-state index contributed by atoms with van der Waals surface area (Å²) in [4.78, 5) is 0.608. The maximum Gasteiger partial charge on any atom is 0.122 e. The molecule has 1 saturated carbocycles. The third-order valence-electron chi connectivity index (χ3n) is 4.76. The van der Waals surface area contributed by atoms with E-state index >= 15 is 0 Å². The van der Waals surface area contributed by atoms with Crippen LogP contribution < -0.4 is 4.74 Å². The summed E-state index contributed by atoms with van der Waals surface area (Å²) >= 11 is 3.93. The zero-order chi connectivity index (χ0) is 14.0. The number of alkyl halides is 1. The summed E-state index contributed by atoms with van der Waals surface area (Å²) in [6.45, 7) is 7.08. The molecule has 19 heavy (non-hydrogen) atoms. The minimum Gasteiger partial charge on any atom is -0.496 e. The maximum atomic E-state index is 5.56. The van der Waals surface area contributed by atoms with Gasteiger partial charge in [-0.05, 0) is 36.2 Å². The molecule has 0 aliphatic heterocycles. The highest BCUT2D eigenvalue weighted by atomic mass is 79.9. The Labute approximate surface area is 125 Å². The van der Waals surface area contributed by atoms with E-state index in [4.69, 9.17) is 4.74 Å². The van der Waals surface area contributed by atoms with Gasteiger partial charge < -0.3 is 4.74 Å². The summed E-state index contributed by atoms with van der Waals surface area (Å²) in [5.74, 6) is 2.53. The Bertz CT molecular complexity index is 427. The van der Waals surface area contributed by atoms with Gasteiger partial charge in [0.2, 0.25) is 0 Å². The molecule has 2 heteroatoms. The molecule has 1 aromatic carbocycles. The van der Waals surface area contributed by atoms with Crippen molar-refractivity contribution < 1.29 is 4.74 Å². The van der Waals surface area contributed by atoms with E-state index in [1.54, 1.807) is 7.11 Å². The monoisotopic (exact) mass is 324 g/mol. The van der Waals surface area contributed by atoms with E-state index in [0.717, 1.165) is 11.7 Å². The van der Waals surface area contributed by atoms with Crippen molar-refractivity contribution in [1.82, 2.24) is 0 Å². The van der Waals surface area contributed by atoms with Crippen LogP contribution in [0.3, 0.4) is 0 Å². The second-order valence-electron chi connectivity index (χ2n) is 6.46. The Kier molecular flexibility index (Phi) is 4.60. The van der Waals surface area contributed by atoms with Crippen LogP contribution in [0.1, 0.15) is 45.6 Å². The molecule has 0 N–H and O–H groups in total. The summed E-state index contributed by atoms with van der Waals surface area (Å²) in [5.41, 5.74) is 1.47. The van der Waals surface area contributed by atoms with Gasteiger partial charge >= 0.3 is 0 Å². The van der Waals surface area contributed by atoms with Crippen molar-refractivity contribution in [3.63, 3.8) is 0 Å². The summed E-state index contributed by atoms with van der Waals surface area (Å²) < 4.78 is 5.56. The van der Waals surface area contributed by atoms with E-state index in [0.29, 0.717) is 10.7 Å². The highest BCUT2D eigenvalue weighted by Crippen LogP contribution is 2.47. The van der Waals surface area contributed by atoms with E-state index in [2.05, 4.69) is 54.9 Å². The quantitative estimate of drug-likeness (QED) is 0.697. The van der Waals surface area contributed by atoms with Crippen LogP contribution in [0.25, 0.3) is 0 Å². The number of ether oxygens (including phenoxy) is 1. The first-order valence-corrected chi connectivity index (χ1v) is 8.16. The zero-order valence-electron chi connectivity index (χ0n) is 12.4. The normalized spacial score (nSPS) is 28.2. The standard InChI is InChI=1S/C17H25BrO/c1-12-9-10-13(15(18)11-12)17(2,3)14-7-5-6-8-16(14)19-4/h5-8,12-13,15H,9-11H2,1-4H3. The van der Waals surface area contributed by atoms with Gasteiger partial charge in [-0.1, -0.05) is 61.3 Å². The fraction of sp³-hybridized carbons (Fsp3) is 0.647. The fourth-order valence-corrected chi connectivity index (χ4v) is 5.06. The van der Waals surface area contributed by atoms with Crippen molar-refractivity contribution in [2.45, 2.75) is 50.3 Å². The van der Waals surface area contributed by atoms with Gasteiger partial charge in [0.05, 0.1) is 7.11 Å². The van der Waals surface area contributed by atoms with Crippen molar-refractivity contribution in [2.24, 2.45) is 11.8 Å². The highest BCUT2D eigenvalue weighted by Gasteiger charge is 2.40. The highest BCUT2D eigenvalue weighted by molar-refractivity contribution is 9.09. The van der Waals surface area contributed by atoms with E-state index in [1.807, 2.05) is 6.07 Å². The second-order valence-corrected chi connectivity index (χ2v) is 7.64. The summed E-state index contributed by atoms with van der Waals surface area (Å²) in [6, 6.07) is 8.46. The molecular weight excluding hydrogens is 300 g/mol. The van der Waals surface area contributed by atoms with Crippen LogP contribution in [-0.2, 0) is 5.41 Å². The number of benzene rings is 1. The predicted molar refractivity (Wildman–Crippen MR) is 85.2 cm³/mol. The lowest BCUT2D eigenvalue weighted by Gasteiger charge is -2.42. The predicted octanol–water partition coefficient (Wildman–Crippen LogP) is 5.17.